The Kier molecular flexibility index (Phi) is 5.81. The third kappa shape index (κ3) is 3.44. The lowest BCUT2D eigenvalue weighted by Gasteiger charge is -2.52. The van der Waals surface area contributed by atoms with Crippen molar-refractivity contribution < 1.29 is 15.0 Å². The SMILES string of the molecule is CN(C)c1ccccc1C1=C2CC[C@@H]3C(=C2CCC1=O)CC[C@]1(C)[C@H]3CC[C@@]1(O)CCCO. The lowest BCUT2D eigenvalue weighted by atomic mass is 9.54. The second-order valence-electron chi connectivity index (χ2n) is 11.3. The summed E-state index contributed by atoms with van der Waals surface area (Å²) in [6, 6.07) is 8.33. The molecular formula is C29H39NO3. The lowest BCUT2D eigenvalue weighted by molar-refractivity contribution is -0.114. The molecule has 4 aliphatic carbocycles. The van der Waals surface area contributed by atoms with Gasteiger partial charge in [0.25, 0.3) is 0 Å². The van der Waals surface area contributed by atoms with Crippen LogP contribution in [0.2, 0.25) is 0 Å². The Hall–Kier alpha value is -1.91. The van der Waals surface area contributed by atoms with Crippen molar-refractivity contribution in [3.8, 4) is 0 Å². The number of benzene rings is 1. The molecule has 4 heteroatoms. The molecule has 1 aromatic rings. The van der Waals surface area contributed by atoms with E-state index in [2.05, 4.69) is 24.0 Å². The molecule has 0 unspecified atom stereocenters. The summed E-state index contributed by atoms with van der Waals surface area (Å²) in [7, 11) is 4.10. The standard InChI is InChI=1S/C29H39NO3/c1-28-16-13-20-19-11-12-26(32)27(23-7-4-5-8-25(23)30(2)3)22(19)10-9-21(20)24(28)14-17-29(28,33)15-6-18-31/h4-5,7-8,21,24,31,33H,6,9-18H2,1-3H3/t21-,24+,28-,29+/m1/s1. The number of aliphatic hydroxyl groups is 2. The van der Waals surface area contributed by atoms with E-state index in [4.69, 9.17) is 0 Å². The molecule has 1 aromatic carbocycles. The van der Waals surface area contributed by atoms with E-state index >= 15 is 0 Å². The van der Waals surface area contributed by atoms with Crippen LogP contribution < -0.4 is 4.90 Å². The Labute approximate surface area is 198 Å². The van der Waals surface area contributed by atoms with Crippen molar-refractivity contribution in [3.63, 3.8) is 0 Å². The van der Waals surface area contributed by atoms with Crippen LogP contribution in [0.25, 0.3) is 5.57 Å². The van der Waals surface area contributed by atoms with Crippen molar-refractivity contribution >= 4 is 17.0 Å². The zero-order valence-corrected chi connectivity index (χ0v) is 20.5. The Balaban J connectivity index is 1.56. The van der Waals surface area contributed by atoms with Crippen LogP contribution in [0.5, 0.6) is 0 Å². The summed E-state index contributed by atoms with van der Waals surface area (Å²) in [5.74, 6) is 1.33. The summed E-state index contributed by atoms with van der Waals surface area (Å²) in [6.07, 6.45) is 8.92. The van der Waals surface area contributed by atoms with E-state index in [1.807, 2.05) is 26.2 Å². The second kappa shape index (κ2) is 8.39. The first kappa shape index (κ1) is 22.9. The number of allylic oxidation sites excluding steroid dienone is 4. The monoisotopic (exact) mass is 449 g/mol. The highest BCUT2D eigenvalue weighted by molar-refractivity contribution is 6.24. The molecule has 0 heterocycles. The van der Waals surface area contributed by atoms with Gasteiger partial charge in [-0.1, -0.05) is 30.7 Å². The molecule has 0 bridgehead atoms. The average Bonchev–Trinajstić information content (AvgIpc) is 3.08. The minimum absolute atomic E-state index is 0.0665. The van der Waals surface area contributed by atoms with Gasteiger partial charge in [0.2, 0.25) is 0 Å². The highest BCUT2D eigenvalue weighted by Gasteiger charge is 2.60. The predicted octanol–water partition coefficient (Wildman–Crippen LogP) is 5.29. The van der Waals surface area contributed by atoms with Crippen LogP contribution in [0.15, 0.2) is 41.0 Å². The van der Waals surface area contributed by atoms with Gasteiger partial charge in [-0.2, -0.15) is 0 Å². The summed E-state index contributed by atoms with van der Waals surface area (Å²) in [4.78, 5) is 15.4. The molecule has 4 atom stereocenters. The zero-order valence-electron chi connectivity index (χ0n) is 20.5. The maximum Gasteiger partial charge on any atom is 0.164 e. The number of anilines is 1. The zero-order chi connectivity index (χ0) is 23.4. The Morgan fingerprint density at radius 1 is 1.03 bits per heavy atom. The smallest absolute Gasteiger partial charge is 0.164 e. The van der Waals surface area contributed by atoms with E-state index in [1.165, 1.54) is 11.1 Å². The van der Waals surface area contributed by atoms with E-state index in [9.17, 15) is 15.0 Å². The minimum atomic E-state index is -0.648. The van der Waals surface area contributed by atoms with Gasteiger partial charge in [0.05, 0.1) is 5.60 Å². The normalized spacial score (nSPS) is 33.7. The molecule has 0 saturated heterocycles. The number of para-hydroxylation sites is 1. The molecule has 2 N–H and O–H groups in total. The number of fused-ring (bicyclic) bond motifs is 4. The quantitative estimate of drug-likeness (QED) is 0.641. The summed E-state index contributed by atoms with van der Waals surface area (Å²) in [5.41, 5.74) is 6.82. The largest absolute Gasteiger partial charge is 0.396 e. The molecule has 4 nitrogen and oxygen atoms in total. The second-order valence-corrected chi connectivity index (χ2v) is 11.3. The summed E-state index contributed by atoms with van der Waals surface area (Å²) >= 11 is 0. The van der Waals surface area contributed by atoms with Gasteiger partial charge < -0.3 is 15.1 Å². The fourth-order valence-corrected chi connectivity index (χ4v) is 7.91. The molecule has 5 rings (SSSR count). The number of aliphatic hydroxyl groups excluding tert-OH is 1. The fourth-order valence-electron chi connectivity index (χ4n) is 7.91. The predicted molar refractivity (Wildman–Crippen MR) is 133 cm³/mol. The number of rotatable bonds is 5. The molecule has 0 aliphatic heterocycles. The molecule has 2 saturated carbocycles. The van der Waals surface area contributed by atoms with Crippen molar-refractivity contribution in [1.82, 2.24) is 0 Å². The topological polar surface area (TPSA) is 60.8 Å². The molecule has 33 heavy (non-hydrogen) atoms. The molecule has 0 spiro atoms. The van der Waals surface area contributed by atoms with Gasteiger partial charge >= 0.3 is 0 Å². The van der Waals surface area contributed by atoms with E-state index in [0.29, 0.717) is 36.9 Å². The summed E-state index contributed by atoms with van der Waals surface area (Å²) in [5, 5.41) is 21.0. The van der Waals surface area contributed by atoms with Crippen LogP contribution in [0, 0.1) is 17.3 Å². The summed E-state index contributed by atoms with van der Waals surface area (Å²) in [6.45, 7) is 2.47. The van der Waals surface area contributed by atoms with Crippen molar-refractivity contribution in [2.75, 3.05) is 25.6 Å². The maximum atomic E-state index is 13.3. The highest BCUT2D eigenvalue weighted by atomic mass is 16.3. The molecule has 2 fully saturated rings. The van der Waals surface area contributed by atoms with Crippen LogP contribution in [0.4, 0.5) is 5.69 Å². The van der Waals surface area contributed by atoms with Crippen molar-refractivity contribution in [2.45, 2.75) is 76.7 Å². The van der Waals surface area contributed by atoms with E-state index in [0.717, 1.165) is 61.8 Å². The molecule has 4 aliphatic rings. The van der Waals surface area contributed by atoms with Crippen molar-refractivity contribution in [3.05, 3.63) is 46.5 Å². The number of ketones is 1. The number of Topliss-reactive ketones (excluding diaryl/α,β-unsaturated/α-hetero) is 1. The van der Waals surface area contributed by atoms with Gasteiger partial charge in [0, 0.05) is 43.9 Å². The van der Waals surface area contributed by atoms with Crippen molar-refractivity contribution in [1.29, 1.82) is 0 Å². The number of carbonyl (C=O) groups is 1. The molecule has 0 aromatic heterocycles. The maximum absolute atomic E-state index is 13.3. The van der Waals surface area contributed by atoms with Gasteiger partial charge in [-0.3, -0.25) is 4.79 Å². The van der Waals surface area contributed by atoms with E-state index < -0.39 is 5.60 Å². The van der Waals surface area contributed by atoms with Gasteiger partial charge in [-0.15, -0.1) is 0 Å². The first-order valence-corrected chi connectivity index (χ1v) is 12.9. The summed E-state index contributed by atoms with van der Waals surface area (Å²) < 4.78 is 0. The first-order chi connectivity index (χ1) is 15.8. The molecule has 0 amide bonds. The molecule has 0 radical (unpaired) electrons. The Bertz CT molecular complexity index is 1020. The van der Waals surface area contributed by atoms with E-state index in [-0.39, 0.29) is 12.0 Å². The van der Waals surface area contributed by atoms with Crippen LogP contribution >= 0.6 is 0 Å². The number of hydrogen-bond acceptors (Lipinski definition) is 4. The van der Waals surface area contributed by atoms with Gasteiger partial charge in [-0.25, -0.2) is 0 Å². The third-order valence-electron chi connectivity index (χ3n) is 9.64. The fraction of sp³-hybridized carbons (Fsp3) is 0.621. The van der Waals surface area contributed by atoms with Gasteiger partial charge in [0.1, 0.15) is 0 Å². The number of hydrogen-bond donors (Lipinski definition) is 2. The van der Waals surface area contributed by atoms with Gasteiger partial charge in [-0.05, 0) is 92.3 Å². The lowest BCUT2D eigenvalue weighted by Crippen LogP contribution is -2.49. The van der Waals surface area contributed by atoms with Crippen molar-refractivity contribution in [2.24, 2.45) is 17.3 Å². The molecular weight excluding hydrogens is 410 g/mol. The van der Waals surface area contributed by atoms with Crippen LogP contribution in [0.3, 0.4) is 0 Å². The highest BCUT2D eigenvalue weighted by Crippen LogP contribution is 2.64. The Morgan fingerprint density at radius 3 is 2.58 bits per heavy atom. The van der Waals surface area contributed by atoms with Crippen LogP contribution in [-0.2, 0) is 4.79 Å². The first-order valence-electron chi connectivity index (χ1n) is 12.9. The Morgan fingerprint density at radius 2 is 1.82 bits per heavy atom. The number of nitrogens with zero attached hydrogens (tertiary/aromatic N) is 1. The third-order valence-corrected chi connectivity index (χ3v) is 9.64. The van der Waals surface area contributed by atoms with Crippen LogP contribution in [0.1, 0.15) is 76.7 Å². The average molecular weight is 450 g/mol. The van der Waals surface area contributed by atoms with Gasteiger partial charge in [0.15, 0.2) is 5.78 Å². The minimum Gasteiger partial charge on any atom is -0.396 e. The molecule has 178 valence electrons. The van der Waals surface area contributed by atoms with E-state index in [1.54, 1.807) is 5.57 Å². The van der Waals surface area contributed by atoms with Crippen LogP contribution in [-0.4, -0.2) is 42.3 Å². The number of carbonyl (C=O) groups excluding carboxylic acids is 1.